The molecule has 1 aromatic carbocycles. The summed E-state index contributed by atoms with van der Waals surface area (Å²) in [5.74, 6) is 1.26. The normalized spacial score (nSPS) is 23.2. The standard InChI is InChI=1S/C20H26N4O2/c1-23-14-21-19(22-23)20(25)24-10-9-18(26-13-16-7-8-16)17(12-24)11-15-5-3-2-4-6-15/h2-6,14,16-18H,7-13H2,1H3/t17-,18-/m1/s1. The quantitative estimate of drug-likeness (QED) is 0.799. The molecule has 6 heteroatoms. The van der Waals surface area contributed by atoms with Crippen molar-refractivity contribution in [1.29, 1.82) is 0 Å². The number of aromatic nitrogens is 3. The molecule has 1 saturated heterocycles. The van der Waals surface area contributed by atoms with Gasteiger partial charge < -0.3 is 9.64 Å². The maximum absolute atomic E-state index is 12.7. The van der Waals surface area contributed by atoms with Gasteiger partial charge in [-0.1, -0.05) is 30.3 Å². The summed E-state index contributed by atoms with van der Waals surface area (Å²) in [4.78, 5) is 18.7. The molecular weight excluding hydrogens is 328 g/mol. The lowest BCUT2D eigenvalue weighted by Crippen LogP contribution is -2.48. The third kappa shape index (κ3) is 4.12. The van der Waals surface area contributed by atoms with Crippen molar-refractivity contribution in [1.82, 2.24) is 19.7 Å². The number of ether oxygens (including phenoxy) is 1. The van der Waals surface area contributed by atoms with Gasteiger partial charge in [-0.05, 0) is 37.2 Å². The number of amides is 1. The lowest BCUT2D eigenvalue weighted by Gasteiger charge is -2.38. The molecule has 26 heavy (non-hydrogen) atoms. The van der Waals surface area contributed by atoms with E-state index in [-0.39, 0.29) is 17.8 Å². The molecule has 2 fully saturated rings. The minimum Gasteiger partial charge on any atom is -0.377 e. The van der Waals surface area contributed by atoms with E-state index in [1.165, 1.54) is 18.4 Å². The van der Waals surface area contributed by atoms with E-state index in [1.54, 1.807) is 18.1 Å². The van der Waals surface area contributed by atoms with Crippen molar-refractivity contribution in [2.24, 2.45) is 18.9 Å². The number of piperidine rings is 1. The van der Waals surface area contributed by atoms with Crippen molar-refractivity contribution in [2.75, 3.05) is 19.7 Å². The molecule has 0 radical (unpaired) electrons. The van der Waals surface area contributed by atoms with Crippen molar-refractivity contribution in [3.8, 4) is 0 Å². The van der Waals surface area contributed by atoms with Crippen LogP contribution in [0.1, 0.15) is 35.4 Å². The van der Waals surface area contributed by atoms with Crippen LogP contribution in [0, 0.1) is 11.8 Å². The Hall–Kier alpha value is -2.21. The fourth-order valence-electron chi connectivity index (χ4n) is 3.65. The Morgan fingerprint density at radius 2 is 2.04 bits per heavy atom. The Morgan fingerprint density at radius 1 is 1.23 bits per heavy atom. The third-order valence-electron chi connectivity index (χ3n) is 5.33. The molecule has 2 aromatic rings. The molecule has 0 spiro atoms. The highest BCUT2D eigenvalue weighted by molar-refractivity contribution is 5.90. The molecule has 1 aromatic heterocycles. The summed E-state index contributed by atoms with van der Waals surface area (Å²) in [6, 6.07) is 10.5. The summed E-state index contributed by atoms with van der Waals surface area (Å²) in [6.07, 6.45) is 6.19. The van der Waals surface area contributed by atoms with Crippen molar-refractivity contribution >= 4 is 5.91 Å². The van der Waals surface area contributed by atoms with E-state index in [1.807, 2.05) is 11.0 Å². The van der Waals surface area contributed by atoms with Gasteiger partial charge in [0, 0.05) is 32.7 Å². The fourth-order valence-corrected chi connectivity index (χ4v) is 3.65. The predicted octanol–water partition coefficient (Wildman–Crippen LogP) is 2.32. The van der Waals surface area contributed by atoms with Crippen LogP contribution in [0.25, 0.3) is 0 Å². The molecule has 1 aliphatic carbocycles. The van der Waals surface area contributed by atoms with Crippen molar-refractivity contribution < 1.29 is 9.53 Å². The van der Waals surface area contributed by atoms with Crippen LogP contribution < -0.4 is 0 Å². The topological polar surface area (TPSA) is 60.2 Å². The molecular formula is C20H26N4O2. The second-order valence-corrected chi connectivity index (χ2v) is 7.55. The van der Waals surface area contributed by atoms with E-state index < -0.39 is 0 Å². The molecule has 1 saturated carbocycles. The van der Waals surface area contributed by atoms with Crippen LogP contribution >= 0.6 is 0 Å². The van der Waals surface area contributed by atoms with E-state index in [0.29, 0.717) is 19.0 Å². The number of carbonyl (C=O) groups excluding carboxylic acids is 1. The highest BCUT2D eigenvalue weighted by Gasteiger charge is 2.34. The summed E-state index contributed by atoms with van der Waals surface area (Å²) in [6.45, 7) is 2.27. The Morgan fingerprint density at radius 3 is 2.73 bits per heavy atom. The van der Waals surface area contributed by atoms with Crippen LogP contribution in [0.15, 0.2) is 36.7 Å². The van der Waals surface area contributed by atoms with Crippen molar-refractivity contribution in [2.45, 2.75) is 31.8 Å². The molecule has 1 amide bonds. The van der Waals surface area contributed by atoms with Crippen LogP contribution in [-0.2, 0) is 18.2 Å². The maximum atomic E-state index is 12.7. The molecule has 1 aliphatic heterocycles. The first-order chi connectivity index (χ1) is 12.7. The summed E-state index contributed by atoms with van der Waals surface area (Å²) in [5.41, 5.74) is 1.29. The van der Waals surface area contributed by atoms with E-state index in [4.69, 9.17) is 4.74 Å². The van der Waals surface area contributed by atoms with Gasteiger partial charge in [0.25, 0.3) is 5.91 Å². The lowest BCUT2D eigenvalue weighted by molar-refractivity contribution is -0.0328. The van der Waals surface area contributed by atoms with Crippen LogP contribution in [0.5, 0.6) is 0 Å². The number of hydrogen-bond acceptors (Lipinski definition) is 4. The van der Waals surface area contributed by atoms with Gasteiger partial charge in [-0.3, -0.25) is 9.48 Å². The minimum atomic E-state index is -0.0793. The Labute approximate surface area is 154 Å². The molecule has 2 aliphatic rings. The molecule has 138 valence electrons. The predicted molar refractivity (Wildman–Crippen MR) is 97.6 cm³/mol. The molecule has 2 atom stereocenters. The smallest absolute Gasteiger partial charge is 0.293 e. The van der Waals surface area contributed by atoms with E-state index in [2.05, 4.69) is 34.3 Å². The molecule has 2 heterocycles. The zero-order chi connectivity index (χ0) is 17.9. The minimum absolute atomic E-state index is 0.0793. The van der Waals surface area contributed by atoms with Gasteiger partial charge in [-0.2, -0.15) is 0 Å². The number of benzene rings is 1. The van der Waals surface area contributed by atoms with Crippen LogP contribution in [-0.4, -0.2) is 51.4 Å². The Balaban J connectivity index is 1.45. The van der Waals surface area contributed by atoms with Crippen molar-refractivity contribution in [3.05, 3.63) is 48.0 Å². The highest BCUT2D eigenvalue weighted by atomic mass is 16.5. The van der Waals surface area contributed by atoms with Gasteiger partial charge in [-0.15, -0.1) is 5.10 Å². The molecule has 0 bridgehead atoms. The second-order valence-electron chi connectivity index (χ2n) is 7.55. The van der Waals surface area contributed by atoms with Gasteiger partial charge in [0.15, 0.2) is 0 Å². The monoisotopic (exact) mass is 354 g/mol. The first-order valence-electron chi connectivity index (χ1n) is 9.49. The molecule has 0 N–H and O–H groups in total. The number of carbonyl (C=O) groups is 1. The van der Waals surface area contributed by atoms with E-state index >= 15 is 0 Å². The largest absolute Gasteiger partial charge is 0.377 e. The summed E-state index contributed by atoms with van der Waals surface area (Å²) in [7, 11) is 1.78. The molecule has 0 unspecified atom stereocenters. The van der Waals surface area contributed by atoms with Gasteiger partial charge >= 0.3 is 0 Å². The van der Waals surface area contributed by atoms with Crippen molar-refractivity contribution in [3.63, 3.8) is 0 Å². The first kappa shape index (κ1) is 17.2. The summed E-state index contributed by atoms with van der Waals surface area (Å²) in [5, 5.41) is 4.16. The number of likely N-dealkylation sites (tertiary alicyclic amines) is 1. The van der Waals surface area contributed by atoms with Gasteiger partial charge in [0.2, 0.25) is 5.82 Å². The van der Waals surface area contributed by atoms with E-state index in [0.717, 1.165) is 25.4 Å². The van der Waals surface area contributed by atoms with Crippen LogP contribution in [0.3, 0.4) is 0 Å². The number of nitrogens with zero attached hydrogens (tertiary/aromatic N) is 4. The molecule has 4 rings (SSSR count). The Bertz CT molecular complexity index is 741. The number of aryl methyl sites for hydroxylation is 1. The second kappa shape index (κ2) is 7.58. The third-order valence-corrected chi connectivity index (χ3v) is 5.33. The SMILES string of the molecule is Cn1cnc(C(=O)N2CC[C@@H](OCC3CC3)[C@H](Cc3ccccc3)C2)n1. The molecule has 6 nitrogen and oxygen atoms in total. The summed E-state index contributed by atoms with van der Waals surface area (Å²) < 4.78 is 7.83. The van der Waals surface area contributed by atoms with E-state index in [9.17, 15) is 4.79 Å². The van der Waals surface area contributed by atoms with Gasteiger partial charge in [0.1, 0.15) is 6.33 Å². The van der Waals surface area contributed by atoms with Gasteiger partial charge in [0.05, 0.1) is 6.10 Å². The van der Waals surface area contributed by atoms with Crippen LogP contribution in [0.2, 0.25) is 0 Å². The summed E-state index contributed by atoms with van der Waals surface area (Å²) >= 11 is 0. The Kier molecular flexibility index (Phi) is 5.02. The van der Waals surface area contributed by atoms with Gasteiger partial charge in [-0.25, -0.2) is 4.98 Å². The van der Waals surface area contributed by atoms with Crippen LogP contribution in [0.4, 0.5) is 0 Å². The zero-order valence-corrected chi connectivity index (χ0v) is 15.3. The lowest BCUT2D eigenvalue weighted by atomic mass is 9.88. The fraction of sp³-hybridized carbons (Fsp3) is 0.550. The number of hydrogen-bond donors (Lipinski definition) is 0. The average molecular weight is 354 g/mol. The number of rotatable bonds is 6. The maximum Gasteiger partial charge on any atom is 0.293 e. The average Bonchev–Trinajstić information content (AvgIpc) is 3.39. The first-order valence-corrected chi connectivity index (χ1v) is 9.49. The highest BCUT2D eigenvalue weighted by Crippen LogP contribution is 2.32. The zero-order valence-electron chi connectivity index (χ0n) is 15.3.